The maximum absolute atomic E-state index is 13.3. The van der Waals surface area contributed by atoms with Gasteiger partial charge in [0.2, 0.25) is 0 Å². The third-order valence-corrected chi connectivity index (χ3v) is 2.91. The lowest BCUT2D eigenvalue weighted by atomic mass is 9.94. The van der Waals surface area contributed by atoms with Crippen LogP contribution in [-0.2, 0) is 16.0 Å². The zero-order valence-corrected chi connectivity index (χ0v) is 9.16. The fourth-order valence-electron chi connectivity index (χ4n) is 1.90. The molecule has 0 aliphatic carbocycles. The smallest absolute Gasteiger partial charge is 0.144 e. The molecule has 2 atom stereocenters. The van der Waals surface area contributed by atoms with Gasteiger partial charge in [-0.3, -0.25) is 4.79 Å². The van der Waals surface area contributed by atoms with Gasteiger partial charge in [-0.25, -0.2) is 8.78 Å². The summed E-state index contributed by atoms with van der Waals surface area (Å²) in [5.41, 5.74) is 5.75. The maximum Gasteiger partial charge on any atom is 0.144 e. The quantitative estimate of drug-likeness (QED) is 0.860. The predicted octanol–water partition coefficient (Wildman–Crippen LogP) is 1.05. The van der Waals surface area contributed by atoms with Crippen molar-refractivity contribution in [2.75, 3.05) is 13.2 Å². The molecule has 0 aromatic heterocycles. The van der Waals surface area contributed by atoms with Crippen LogP contribution in [0.3, 0.4) is 0 Å². The summed E-state index contributed by atoms with van der Waals surface area (Å²) in [5.74, 6) is -1.76. The summed E-state index contributed by atoms with van der Waals surface area (Å²) in [5, 5.41) is 0. The fourth-order valence-corrected chi connectivity index (χ4v) is 1.90. The molecule has 2 rings (SSSR count). The van der Waals surface area contributed by atoms with Crippen molar-refractivity contribution in [2.45, 2.75) is 12.5 Å². The van der Waals surface area contributed by atoms with E-state index >= 15 is 0 Å². The molecule has 2 unspecified atom stereocenters. The van der Waals surface area contributed by atoms with E-state index in [9.17, 15) is 13.6 Å². The van der Waals surface area contributed by atoms with E-state index in [0.29, 0.717) is 6.61 Å². The Morgan fingerprint density at radius 1 is 1.41 bits per heavy atom. The normalized spacial score (nSPS) is 23.9. The average Bonchev–Trinajstić information content (AvgIpc) is 2.70. The molecule has 1 aliphatic rings. The van der Waals surface area contributed by atoms with Gasteiger partial charge in [-0.05, 0) is 23.8 Å². The van der Waals surface area contributed by atoms with E-state index in [1.54, 1.807) is 0 Å². The second-order valence-electron chi connectivity index (χ2n) is 4.19. The molecule has 1 aliphatic heterocycles. The minimum Gasteiger partial charge on any atom is -0.379 e. The van der Waals surface area contributed by atoms with Crippen LogP contribution in [0.2, 0.25) is 0 Å². The van der Waals surface area contributed by atoms with E-state index in [4.69, 9.17) is 10.5 Å². The molecular weight excluding hydrogens is 228 g/mol. The molecule has 0 saturated carbocycles. The van der Waals surface area contributed by atoms with Crippen molar-refractivity contribution in [2.24, 2.45) is 11.7 Å². The van der Waals surface area contributed by atoms with Crippen LogP contribution < -0.4 is 5.73 Å². The van der Waals surface area contributed by atoms with Gasteiger partial charge >= 0.3 is 0 Å². The highest BCUT2D eigenvalue weighted by Crippen LogP contribution is 2.17. The maximum atomic E-state index is 13.3. The third-order valence-electron chi connectivity index (χ3n) is 2.91. The van der Waals surface area contributed by atoms with Crippen LogP contribution >= 0.6 is 0 Å². The van der Waals surface area contributed by atoms with Gasteiger partial charge in [-0.1, -0.05) is 0 Å². The van der Waals surface area contributed by atoms with Crippen LogP contribution in [0.25, 0.3) is 0 Å². The number of ether oxygens (including phenoxy) is 1. The minimum atomic E-state index is -0.577. The second kappa shape index (κ2) is 4.89. The molecule has 1 heterocycles. The highest BCUT2D eigenvalue weighted by Gasteiger charge is 2.31. The number of rotatable bonds is 3. The zero-order chi connectivity index (χ0) is 12.4. The molecule has 1 saturated heterocycles. The first-order valence-electron chi connectivity index (χ1n) is 5.38. The monoisotopic (exact) mass is 241 g/mol. The van der Waals surface area contributed by atoms with Crippen molar-refractivity contribution in [3.63, 3.8) is 0 Å². The van der Waals surface area contributed by atoms with Crippen LogP contribution in [0.5, 0.6) is 0 Å². The Morgan fingerprint density at radius 3 is 2.82 bits per heavy atom. The van der Waals surface area contributed by atoms with E-state index < -0.39 is 17.6 Å². The summed E-state index contributed by atoms with van der Waals surface area (Å²) in [6.07, 6.45) is -0.148. The van der Waals surface area contributed by atoms with Crippen LogP contribution in [0.15, 0.2) is 18.2 Å². The first-order chi connectivity index (χ1) is 8.08. The van der Waals surface area contributed by atoms with Gasteiger partial charge in [-0.15, -0.1) is 0 Å². The number of nitrogens with two attached hydrogens (primary N) is 1. The lowest BCUT2D eigenvalue weighted by Crippen LogP contribution is -2.35. The lowest BCUT2D eigenvalue weighted by molar-refractivity contribution is -0.122. The lowest BCUT2D eigenvalue weighted by Gasteiger charge is -2.12. The van der Waals surface area contributed by atoms with Gasteiger partial charge < -0.3 is 10.5 Å². The minimum absolute atomic E-state index is 0.0640. The van der Waals surface area contributed by atoms with E-state index in [0.717, 1.165) is 18.2 Å². The van der Waals surface area contributed by atoms with Gasteiger partial charge in [0.15, 0.2) is 0 Å². The number of Topliss-reactive ketones (excluding diaryl/α,β-unsaturated/α-hetero) is 1. The van der Waals surface area contributed by atoms with E-state index in [1.165, 1.54) is 0 Å². The van der Waals surface area contributed by atoms with Crippen molar-refractivity contribution in [3.05, 3.63) is 35.4 Å². The number of benzene rings is 1. The van der Waals surface area contributed by atoms with Gasteiger partial charge in [0.25, 0.3) is 0 Å². The summed E-state index contributed by atoms with van der Waals surface area (Å²) in [4.78, 5) is 11.8. The van der Waals surface area contributed by atoms with Crippen LogP contribution in [0.1, 0.15) is 5.56 Å². The van der Waals surface area contributed by atoms with Crippen molar-refractivity contribution < 1.29 is 18.3 Å². The Morgan fingerprint density at radius 2 is 2.18 bits per heavy atom. The Balaban J connectivity index is 2.10. The number of ketones is 1. The van der Waals surface area contributed by atoms with Crippen LogP contribution in [0, 0.1) is 17.6 Å². The number of carbonyl (C=O) groups excluding carboxylic acids is 1. The first-order valence-corrected chi connectivity index (χ1v) is 5.38. The molecule has 1 aromatic rings. The summed E-state index contributed by atoms with van der Waals surface area (Å²) in [7, 11) is 0. The highest BCUT2D eigenvalue weighted by molar-refractivity contribution is 5.84. The molecule has 1 fully saturated rings. The second-order valence-corrected chi connectivity index (χ2v) is 4.19. The number of hydrogen-bond donors (Lipinski definition) is 1. The molecule has 0 radical (unpaired) electrons. The summed E-state index contributed by atoms with van der Waals surface area (Å²) < 4.78 is 31.3. The number of halogens is 2. The average molecular weight is 241 g/mol. The largest absolute Gasteiger partial charge is 0.379 e. The van der Waals surface area contributed by atoms with Crippen molar-refractivity contribution in [3.8, 4) is 0 Å². The Kier molecular flexibility index (Phi) is 3.49. The summed E-state index contributed by atoms with van der Waals surface area (Å²) >= 11 is 0. The number of carbonyl (C=O) groups is 1. The molecule has 5 heteroatoms. The van der Waals surface area contributed by atoms with Crippen molar-refractivity contribution in [1.82, 2.24) is 0 Å². The summed E-state index contributed by atoms with van der Waals surface area (Å²) in [6.45, 7) is 0.596. The highest BCUT2D eigenvalue weighted by atomic mass is 19.1. The Hall–Kier alpha value is -1.33. The molecule has 1 aromatic carbocycles. The first kappa shape index (κ1) is 12.1. The van der Waals surface area contributed by atoms with E-state index in [2.05, 4.69) is 0 Å². The Labute approximate surface area is 97.6 Å². The standard InChI is InChI=1S/C12H13F2NO2/c13-8-1-2-10(14)7(3-8)4-12(16)9-5-17-6-11(9)15/h1-3,9,11H,4-6,15H2. The molecule has 0 bridgehead atoms. The molecule has 2 N–H and O–H groups in total. The van der Waals surface area contributed by atoms with Crippen molar-refractivity contribution >= 4 is 5.78 Å². The Bertz CT molecular complexity index is 437. The van der Waals surface area contributed by atoms with Gasteiger partial charge in [-0.2, -0.15) is 0 Å². The van der Waals surface area contributed by atoms with Crippen LogP contribution in [-0.4, -0.2) is 25.0 Å². The van der Waals surface area contributed by atoms with Gasteiger partial charge in [0.1, 0.15) is 17.4 Å². The summed E-state index contributed by atoms with van der Waals surface area (Å²) in [6, 6.07) is 2.73. The molecule has 0 spiro atoms. The van der Waals surface area contributed by atoms with Gasteiger partial charge in [0, 0.05) is 12.5 Å². The van der Waals surface area contributed by atoms with E-state index in [1.807, 2.05) is 0 Å². The van der Waals surface area contributed by atoms with Gasteiger partial charge in [0.05, 0.1) is 19.1 Å². The molecule has 3 nitrogen and oxygen atoms in total. The SMILES string of the molecule is NC1COCC1C(=O)Cc1cc(F)ccc1F. The molecular formula is C12H13F2NO2. The van der Waals surface area contributed by atoms with Crippen LogP contribution in [0.4, 0.5) is 8.78 Å². The van der Waals surface area contributed by atoms with Crippen molar-refractivity contribution in [1.29, 1.82) is 0 Å². The van der Waals surface area contributed by atoms with E-state index in [-0.39, 0.29) is 30.4 Å². The number of hydrogen-bond acceptors (Lipinski definition) is 3. The molecule has 92 valence electrons. The topological polar surface area (TPSA) is 52.3 Å². The molecule has 17 heavy (non-hydrogen) atoms. The molecule has 0 amide bonds. The zero-order valence-electron chi connectivity index (χ0n) is 9.16. The third kappa shape index (κ3) is 2.68. The predicted molar refractivity (Wildman–Crippen MR) is 57.4 cm³/mol. The fraction of sp³-hybridized carbons (Fsp3) is 0.417.